The summed E-state index contributed by atoms with van der Waals surface area (Å²) < 4.78 is 10.9. The first kappa shape index (κ1) is 17.0. The molecule has 1 aromatic rings. The molecule has 114 valence electrons. The number of aliphatic hydroxyl groups excluding tert-OH is 1. The van der Waals surface area contributed by atoms with Gasteiger partial charge in [0.15, 0.2) is 0 Å². The highest BCUT2D eigenvalue weighted by atomic mass is 16.5. The van der Waals surface area contributed by atoms with E-state index in [1.54, 1.807) is 0 Å². The minimum atomic E-state index is -0.560. The SMILES string of the molecule is CCCCCCCCOCC(O)COc1ccccc1. The number of hydrogen-bond acceptors (Lipinski definition) is 3. The van der Waals surface area contributed by atoms with Crippen LogP contribution in [0.25, 0.3) is 0 Å². The molecule has 0 aliphatic carbocycles. The van der Waals surface area contributed by atoms with Gasteiger partial charge in [0.2, 0.25) is 0 Å². The van der Waals surface area contributed by atoms with E-state index in [9.17, 15) is 5.11 Å². The lowest BCUT2D eigenvalue weighted by molar-refractivity contribution is 0.0110. The molecule has 0 spiro atoms. The van der Waals surface area contributed by atoms with Crippen molar-refractivity contribution in [3.8, 4) is 5.75 Å². The van der Waals surface area contributed by atoms with Gasteiger partial charge in [-0.15, -0.1) is 0 Å². The fourth-order valence-corrected chi connectivity index (χ4v) is 1.96. The maximum atomic E-state index is 9.73. The maximum absolute atomic E-state index is 9.73. The van der Waals surface area contributed by atoms with Gasteiger partial charge in [0.25, 0.3) is 0 Å². The van der Waals surface area contributed by atoms with Crippen molar-refractivity contribution in [2.45, 2.75) is 51.6 Å². The Kier molecular flexibility index (Phi) is 9.98. The second kappa shape index (κ2) is 11.7. The van der Waals surface area contributed by atoms with Crippen molar-refractivity contribution in [3.05, 3.63) is 30.3 Å². The number of ether oxygens (including phenoxy) is 2. The molecule has 3 nitrogen and oxygen atoms in total. The van der Waals surface area contributed by atoms with E-state index in [4.69, 9.17) is 9.47 Å². The van der Waals surface area contributed by atoms with Crippen molar-refractivity contribution in [3.63, 3.8) is 0 Å². The van der Waals surface area contributed by atoms with Crippen molar-refractivity contribution < 1.29 is 14.6 Å². The molecule has 0 aliphatic heterocycles. The Morgan fingerprint density at radius 1 is 0.950 bits per heavy atom. The van der Waals surface area contributed by atoms with E-state index in [1.165, 1.54) is 32.1 Å². The summed E-state index contributed by atoms with van der Waals surface area (Å²) in [6.07, 6.45) is 6.96. The lowest BCUT2D eigenvalue weighted by Crippen LogP contribution is -2.23. The van der Waals surface area contributed by atoms with Gasteiger partial charge < -0.3 is 14.6 Å². The molecule has 0 aliphatic rings. The number of aliphatic hydroxyl groups is 1. The quantitative estimate of drug-likeness (QED) is 0.592. The molecule has 0 saturated heterocycles. The van der Waals surface area contributed by atoms with Gasteiger partial charge in [-0.25, -0.2) is 0 Å². The fourth-order valence-electron chi connectivity index (χ4n) is 1.96. The van der Waals surface area contributed by atoms with E-state index in [0.717, 1.165) is 18.8 Å². The van der Waals surface area contributed by atoms with Crippen molar-refractivity contribution in [1.29, 1.82) is 0 Å². The summed E-state index contributed by atoms with van der Waals surface area (Å²) in [5.74, 6) is 0.780. The number of rotatable bonds is 12. The van der Waals surface area contributed by atoms with E-state index < -0.39 is 6.10 Å². The molecular weight excluding hydrogens is 252 g/mol. The molecule has 1 unspecified atom stereocenters. The van der Waals surface area contributed by atoms with Crippen molar-refractivity contribution in [2.24, 2.45) is 0 Å². The largest absolute Gasteiger partial charge is 0.491 e. The third kappa shape index (κ3) is 8.94. The predicted molar refractivity (Wildman–Crippen MR) is 82.1 cm³/mol. The Balaban J connectivity index is 1.91. The average molecular weight is 280 g/mol. The summed E-state index contributed by atoms with van der Waals surface area (Å²) in [4.78, 5) is 0. The first-order valence-corrected chi connectivity index (χ1v) is 7.76. The molecule has 3 heteroatoms. The van der Waals surface area contributed by atoms with Crippen LogP contribution in [-0.2, 0) is 4.74 Å². The third-order valence-corrected chi connectivity index (χ3v) is 3.14. The summed E-state index contributed by atoms with van der Waals surface area (Å²) in [6, 6.07) is 9.52. The zero-order valence-corrected chi connectivity index (χ0v) is 12.6. The molecular formula is C17H28O3. The van der Waals surface area contributed by atoms with Crippen LogP contribution in [-0.4, -0.2) is 31.0 Å². The summed E-state index contributed by atoms with van der Waals surface area (Å²) in [5.41, 5.74) is 0. The maximum Gasteiger partial charge on any atom is 0.119 e. The van der Waals surface area contributed by atoms with Crippen LogP contribution in [0.4, 0.5) is 0 Å². The molecule has 1 rings (SSSR count). The molecule has 0 aromatic heterocycles. The Hall–Kier alpha value is -1.06. The van der Waals surface area contributed by atoms with E-state index in [2.05, 4.69) is 6.92 Å². The van der Waals surface area contributed by atoms with Crippen molar-refractivity contribution in [1.82, 2.24) is 0 Å². The topological polar surface area (TPSA) is 38.7 Å². The first-order chi connectivity index (χ1) is 9.83. The zero-order valence-electron chi connectivity index (χ0n) is 12.6. The first-order valence-electron chi connectivity index (χ1n) is 7.76. The van der Waals surface area contributed by atoms with Crippen LogP contribution >= 0.6 is 0 Å². The summed E-state index contributed by atoms with van der Waals surface area (Å²) in [6.45, 7) is 3.58. The Labute approximate surface area is 122 Å². The van der Waals surface area contributed by atoms with Gasteiger partial charge in [-0.05, 0) is 18.6 Å². The van der Waals surface area contributed by atoms with Crippen molar-refractivity contribution in [2.75, 3.05) is 19.8 Å². The van der Waals surface area contributed by atoms with Crippen LogP contribution < -0.4 is 4.74 Å². The number of hydrogen-bond donors (Lipinski definition) is 1. The van der Waals surface area contributed by atoms with Gasteiger partial charge in [0.05, 0.1) is 6.61 Å². The minimum absolute atomic E-state index is 0.278. The monoisotopic (exact) mass is 280 g/mol. The second-order valence-corrected chi connectivity index (χ2v) is 5.12. The van der Waals surface area contributed by atoms with Gasteiger partial charge in [0.1, 0.15) is 18.5 Å². The molecule has 0 bridgehead atoms. The molecule has 1 aromatic carbocycles. The Morgan fingerprint density at radius 2 is 1.65 bits per heavy atom. The highest BCUT2D eigenvalue weighted by Crippen LogP contribution is 2.09. The van der Waals surface area contributed by atoms with Gasteiger partial charge in [-0.3, -0.25) is 0 Å². The number of benzene rings is 1. The Bertz CT molecular complexity index is 313. The molecule has 1 atom stereocenters. The molecule has 0 radical (unpaired) electrons. The lowest BCUT2D eigenvalue weighted by Gasteiger charge is -2.12. The normalized spacial score (nSPS) is 12.3. The summed E-state index contributed by atoms with van der Waals surface area (Å²) in [5, 5.41) is 9.73. The van der Waals surface area contributed by atoms with Gasteiger partial charge in [-0.2, -0.15) is 0 Å². The summed E-state index contributed by atoms with van der Waals surface area (Å²) in [7, 11) is 0. The van der Waals surface area contributed by atoms with Gasteiger partial charge in [-0.1, -0.05) is 57.2 Å². The predicted octanol–water partition coefficient (Wildman–Crippen LogP) is 3.80. The van der Waals surface area contributed by atoms with Crippen LogP contribution in [0, 0.1) is 0 Å². The highest BCUT2D eigenvalue weighted by Gasteiger charge is 2.05. The van der Waals surface area contributed by atoms with E-state index in [0.29, 0.717) is 6.61 Å². The zero-order chi connectivity index (χ0) is 14.5. The number of para-hydroxylation sites is 1. The van der Waals surface area contributed by atoms with Crippen LogP contribution in [0.3, 0.4) is 0 Å². The molecule has 0 heterocycles. The molecule has 0 saturated carbocycles. The lowest BCUT2D eigenvalue weighted by atomic mass is 10.1. The van der Waals surface area contributed by atoms with Crippen LogP contribution in [0.2, 0.25) is 0 Å². The van der Waals surface area contributed by atoms with E-state index in [-0.39, 0.29) is 6.61 Å². The number of unbranched alkanes of at least 4 members (excludes halogenated alkanes) is 5. The third-order valence-electron chi connectivity index (χ3n) is 3.14. The molecule has 20 heavy (non-hydrogen) atoms. The Morgan fingerprint density at radius 3 is 2.40 bits per heavy atom. The minimum Gasteiger partial charge on any atom is -0.491 e. The van der Waals surface area contributed by atoms with Crippen LogP contribution in [0.1, 0.15) is 45.4 Å². The smallest absolute Gasteiger partial charge is 0.119 e. The van der Waals surface area contributed by atoms with Crippen LogP contribution in [0.5, 0.6) is 5.75 Å². The molecule has 0 fully saturated rings. The van der Waals surface area contributed by atoms with Gasteiger partial charge in [0, 0.05) is 6.61 Å². The average Bonchev–Trinajstić information content (AvgIpc) is 2.49. The standard InChI is InChI=1S/C17H28O3/c1-2-3-4-5-6-10-13-19-14-16(18)15-20-17-11-8-7-9-12-17/h7-9,11-12,16,18H,2-6,10,13-15H2,1H3. The van der Waals surface area contributed by atoms with E-state index in [1.807, 2.05) is 30.3 Å². The van der Waals surface area contributed by atoms with Gasteiger partial charge >= 0.3 is 0 Å². The van der Waals surface area contributed by atoms with Crippen molar-refractivity contribution >= 4 is 0 Å². The van der Waals surface area contributed by atoms with Crippen LogP contribution in [0.15, 0.2) is 30.3 Å². The second-order valence-electron chi connectivity index (χ2n) is 5.12. The van der Waals surface area contributed by atoms with E-state index >= 15 is 0 Å². The molecule has 1 N–H and O–H groups in total. The fraction of sp³-hybridized carbons (Fsp3) is 0.647. The summed E-state index contributed by atoms with van der Waals surface area (Å²) >= 11 is 0. The highest BCUT2D eigenvalue weighted by molar-refractivity contribution is 5.20. The molecule has 0 amide bonds.